The summed E-state index contributed by atoms with van der Waals surface area (Å²) in [6.45, 7) is 2.22. The van der Waals surface area contributed by atoms with Gasteiger partial charge in [-0.15, -0.1) is 0 Å². The summed E-state index contributed by atoms with van der Waals surface area (Å²) in [5.41, 5.74) is 0.672. The van der Waals surface area contributed by atoms with E-state index in [-0.39, 0.29) is 5.78 Å². The van der Waals surface area contributed by atoms with E-state index in [1.807, 2.05) is 0 Å². The Morgan fingerprint density at radius 1 is 1.11 bits per heavy atom. The maximum atomic E-state index is 11.8. The summed E-state index contributed by atoms with van der Waals surface area (Å²) >= 11 is 5.68. The molecule has 100 valence electrons. The van der Waals surface area contributed by atoms with Gasteiger partial charge in [0.25, 0.3) is 0 Å². The summed E-state index contributed by atoms with van der Waals surface area (Å²) < 4.78 is 0. The lowest BCUT2D eigenvalue weighted by Crippen LogP contribution is -1.99. The second-order valence-corrected chi connectivity index (χ2v) is 5.05. The Labute approximate surface area is 115 Å². The zero-order valence-electron chi connectivity index (χ0n) is 11.1. The van der Waals surface area contributed by atoms with Gasteiger partial charge in [-0.2, -0.15) is 0 Å². The number of hydrogen-bond donors (Lipinski definition) is 0. The average molecular weight is 268 g/mol. The standard InChI is InChI=1S/C15H22ClNO/c1-2-3-4-5-6-7-8-9-14(18)13-10-11-15(16)17-12-13/h10-12H,2-9H2,1H3. The van der Waals surface area contributed by atoms with E-state index >= 15 is 0 Å². The van der Waals surface area contributed by atoms with Crippen molar-refractivity contribution in [2.24, 2.45) is 0 Å². The van der Waals surface area contributed by atoms with E-state index in [1.165, 1.54) is 32.1 Å². The number of carbonyl (C=O) groups is 1. The predicted molar refractivity (Wildman–Crippen MR) is 76.2 cm³/mol. The summed E-state index contributed by atoms with van der Waals surface area (Å²) in [6.07, 6.45) is 10.8. The number of aromatic nitrogens is 1. The van der Waals surface area contributed by atoms with Crippen LogP contribution in [-0.4, -0.2) is 10.8 Å². The summed E-state index contributed by atoms with van der Waals surface area (Å²) in [4.78, 5) is 15.7. The van der Waals surface area contributed by atoms with E-state index in [1.54, 1.807) is 18.3 Å². The summed E-state index contributed by atoms with van der Waals surface area (Å²) in [7, 11) is 0. The molecule has 1 rings (SSSR count). The minimum Gasteiger partial charge on any atom is -0.294 e. The van der Waals surface area contributed by atoms with E-state index < -0.39 is 0 Å². The van der Waals surface area contributed by atoms with Crippen molar-refractivity contribution in [3.63, 3.8) is 0 Å². The molecule has 0 bridgehead atoms. The zero-order chi connectivity index (χ0) is 13.2. The Morgan fingerprint density at radius 3 is 2.39 bits per heavy atom. The van der Waals surface area contributed by atoms with Gasteiger partial charge < -0.3 is 0 Å². The maximum Gasteiger partial charge on any atom is 0.164 e. The van der Waals surface area contributed by atoms with Crippen LogP contribution in [0.15, 0.2) is 18.3 Å². The van der Waals surface area contributed by atoms with Crippen LogP contribution in [0.5, 0.6) is 0 Å². The van der Waals surface area contributed by atoms with Gasteiger partial charge in [0, 0.05) is 18.2 Å². The number of hydrogen-bond acceptors (Lipinski definition) is 2. The third-order valence-electron chi connectivity index (χ3n) is 3.06. The molecule has 0 unspecified atom stereocenters. The molecule has 0 saturated heterocycles. The van der Waals surface area contributed by atoms with Crippen LogP contribution in [0.3, 0.4) is 0 Å². The first-order chi connectivity index (χ1) is 8.74. The Kier molecular flexibility index (Phi) is 7.66. The van der Waals surface area contributed by atoms with Gasteiger partial charge in [-0.3, -0.25) is 4.79 Å². The van der Waals surface area contributed by atoms with Gasteiger partial charge in [0.15, 0.2) is 5.78 Å². The lowest BCUT2D eigenvalue weighted by molar-refractivity contribution is 0.0979. The predicted octanol–water partition coefficient (Wildman–Crippen LogP) is 5.06. The molecule has 0 saturated carbocycles. The molecule has 1 aromatic rings. The molecular weight excluding hydrogens is 246 g/mol. The molecule has 3 heteroatoms. The monoisotopic (exact) mass is 267 g/mol. The smallest absolute Gasteiger partial charge is 0.164 e. The number of carbonyl (C=O) groups excluding carboxylic acids is 1. The molecule has 0 aliphatic rings. The van der Waals surface area contributed by atoms with E-state index in [2.05, 4.69) is 11.9 Å². The molecule has 0 fully saturated rings. The number of pyridine rings is 1. The van der Waals surface area contributed by atoms with E-state index in [0.29, 0.717) is 17.1 Å². The van der Waals surface area contributed by atoms with Gasteiger partial charge in [0.1, 0.15) is 5.15 Å². The largest absolute Gasteiger partial charge is 0.294 e. The number of nitrogens with zero attached hydrogens (tertiary/aromatic N) is 1. The lowest BCUT2D eigenvalue weighted by atomic mass is 10.0. The molecule has 18 heavy (non-hydrogen) atoms. The molecule has 0 radical (unpaired) electrons. The van der Waals surface area contributed by atoms with E-state index in [4.69, 9.17) is 11.6 Å². The average Bonchev–Trinajstić information content (AvgIpc) is 2.38. The highest BCUT2D eigenvalue weighted by Gasteiger charge is 2.05. The third-order valence-corrected chi connectivity index (χ3v) is 3.28. The van der Waals surface area contributed by atoms with Gasteiger partial charge in [0.05, 0.1) is 0 Å². The molecule has 2 nitrogen and oxygen atoms in total. The normalized spacial score (nSPS) is 10.6. The van der Waals surface area contributed by atoms with E-state index in [9.17, 15) is 4.79 Å². The fourth-order valence-electron chi connectivity index (χ4n) is 1.93. The molecule has 0 aromatic carbocycles. The van der Waals surface area contributed by atoms with Gasteiger partial charge in [-0.25, -0.2) is 4.98 Å². The van der Waals surface area contributed by atoms with Crippen LogP contribution in [-0.2, 0) is 0 Å². The van der Waals surface area contributed by atoms with Crippen molar-refractivity contribution >= 4 is 17.4 Å². The molecule has 0 spiro atoms. The fourth-order valence-corrected chi connectivity index (χ4v) is 2.04. The Hall–Kier alpha value is -0.890. The first kappa shape index (κ1) is 15.2. The van der Waals surface area contributed by atoms with Crippen molar-refractivity contribution < 1.29 is 4.79 Å². The van der Waals surface area contributed by atoms with Crippen molar-refractivity contribution in [3.05, 3.63) is 29.0 Å². The lowest BCUT2D eigenvalue weighted by Gasteiger charge is -2.02. The topological polar surface area (TPSA) is 30.0 Å². The molecule has 0 aliphatic carbocycles. The highest BCUT2D eigenvalue weighted by atomic mass is 35.5. The third kappa shape index (κ3) is 6.15. The van der Waals surface area contributed by atoms with Crippen molar-refractivity contribution in [3.8, 4) is 0 Å². The Bertz CT molecular complexity index is 348. The van der Waals surface area contributed by atoms with Gasteiger partial charge in [-0.05, 0) is 18.6 Å². The second-order valence-electron chi connectivity index (χ2n) is 4.66. The quantitative estimate of drug-likeness (QED) is 0.356. The van der Waals surface area contributed by atoms with Crippen LogP contribution in [0.1, 0.15) is 68.6 Å². The molecule has 0 aliphatic heterocycles. The van der Waals surface area contributed by atoms with Gasteiger partial charge in [0.2, 0.25) is 0 Å². The molecule has 1 heterocycles. The van der Waals surface area contributed by atoms with Gasteiger partial charge >= 0.3 is 0 Å². The van der Waals surface area contributed by atoms with Crippen LogP contribution >= 0.6 is 11.6 Å². The molecule has 0 N–H and O–H groups in total. The zero-order valence-corrected chi connectivity index (χ0v) is 11.9. The molecule has 0 atom stereocenters. The van der Waals surface area contributed by atoms with Crippen LogP contribution in [0.2, 0.25) is 5.15 Å². The first-order valence-corrected chi connectivity index (χ1v) is 7.26. The maximum absolute atomic E-state index is 11.8. The van der Waals surface area contributed by atoms with Crippen LogP contribution < -0.4 is 0 Å². The summed E-state index contributed by atoms with van der Waals surface area (Å²) in [5, 5.41) is 0.433. The number of Topliss-reactive ketones (excluding diaryl/α,β-unsaturated/α-hetero) is 1. The van der Waals surface area contributed by atoms with Crippen LogP contribution in [0.25, 0.3) is 0 Å². The molecule has 1 aromatic heterocycles. The number of ketones is 1. The Balaban J connectivity index is 2.12. The van der Waals surface area contributed by atoms with Crippen molar-refractivity contribution in [2.45, 2.75) is 58.3 Å². The minimum atomic E-state index is 0.174. The van der Waals surface area contributed by atoms with Crippen molar-refractivity contribution in [2.75, 3.05) is 0 Å². The van der Waals surface area contributed by atoms with Gasteiger partial charge in [-0.1, -0.05) is 57.0 Å². The number of rotatable bonds is 9. The van der Waals surface area contributed by atoms with E-state index in [0.717, 1.165) is 12.8 Å². The van der Waals surface area contributed by atoms with Crippen LogP contribution in [0, 0.1) is 0 Å². The number of unbranched alkanes of at least 4 members (excludes halogenated alkanes) is 6. The van der Waals surface area contributed by atoms with Crippen LogP contribution in [0.4, 0.5) is 0 Å². The summed E-state index contributed by atoms with van der Waals surface area (Å²) in [5.74, 6) is 0.174. The second kappa shape index (κ2) is 9.09. The molecule has 0 amide bonds. The summed E-state index contributed by atoms with van der Waals surface area (Å²) in [6, 6.07) is 3.42. The highest BCUT2D eigenvalue weighted by Crippen LogP contribution is 2.12. The molecular formula is C15H22ClNO. The minimum absolute atomic E-state index is 0.174. The SMILES string of the molecule is CCCCCCCCCC(=O)c1ccc(Cl)nc1. The van der Waals surface area contributed by atoms with Crippen molar-refractivity contribution in [1.29, 1.82) is 0 Å². The van der Waals surface area contributed by atoms with Crippen molar-refractivity contribution in [1.82, 2.24) is 4.98 Å². The number of halogens is 1. The Morgan fingerprint density at radius 2 is 1.78 bits per heavy atom. The fraction of sp³-hybridized carbons (Fsp3) is 0.600. The first-order valence-electron chi connectivity index (χ1n) is 6.88. The highest BCUT2D eigenvalue weighted by molar-refractivity contribution is 6.29.